The lowest BCUT2D eigenvalue weighted by molar-refractivity contribution is 1.18. The maximum Gasteiger partial charge on any atom is 0.0547 e. The largest absolute Gasteiger partial charge is 0.310 e. The molecule has 0 amide bonds. The van der Waals surface area contributed by atoms with Crippen LogP contribution in [0.1, 0.15) is 0 Å². The number of para-hydroxylation sites is 2. The SMILES string of the molecule is c1ccc(-c2ccc(N(c3ccc4c(c3)c3cc(-c5ccccc5)ccc3n4-c3ccccc3)c3ccc4c(c3)c3c(-c5ccccc5)cccc3n4-c3ccccc3)cc2)cc1. The van der Waals surface area contributed by atoms with E-state index in [9.17, 15) is 0 Å². The summed E-state index contributed by atoms with van der Waals surface area (Å²) in [6.07, 6.45) is 0. The fourth-order valence-electron chi connectivity index (χ4n) is 9.61. The van der Waals surface area contributed by atoms with Crippen molar-refractivity contribution >= 4 is 60.7 Å². The fourth-order valence-corrected chi connectivity index (χ4v) is 9.61. The Kier molecular flexibility index (Phi) is 8.83. The summed E-state index contributed by atoms with van der Waals surface area (Å²) in [4.78, 5) is 2.43. The van der Waals surface area contributed by atoms with Crippen LogP contribution in [-0.2, 0) is 0 Å². The number of rotatable bonds is 8. The number of benzene rings is 10. The van der Waals surface area contributed by atoms with Crippen molar-refractivity contribution in [3.05, 3.63) is 249 Å². The fraction of sp³-hybridized carbons (Fsp3) is 0. The van der Waals surface area contributed by atoms with Crippen LogP contribution in [0.3, 0.4) is 0 Å². The van der Waals surface area contributed by atoms with Crippen LogP contribution >= 0.6 is 0 Å². The molecule has 0 N–H and O–H groups in total. The highest BCUT2D eigenvalue weighted by Gasteiger charge is 2.22. The number of anilines is 3. The van der Waals surface area contributed by atoms with Gasteiger partial charge in [0.15, 0.2) is 0 Å². The molecule has 2 aromatic heterocycles. The van der Waals surface area contributed by atoms with Crippen LogP contribution in [0.25, 0.3) is 88.4 Å². The molecular formula is C60H41N3. The number of fused-ring (bicyclic) bond motifs is 6. The molecule has 0 saturated carbocycles. The Morgan fingerprint density at radius 2 is 0.667 bits per heavy atom. The molecule has 12 aromatic rings. The Morgan fingerprint density at radius 1 is 0.254 bits per heavy atom. The molecule has 0 aliphatic carbocycles. The van der Waals surface area contributed by atoms with Crippen LogP contribution < -0.4 is 4.90 Å². The second kappa shape index (κ2) is 15.3. The van der Waals surface area contributed by atoms with Gasteiger partial charge in [-0.2, -0.15) is 0 Å². The predicted molar refractivity (Wildman–Crippen MR) is 266 cm³/mol. The Morgan fingerprint density at radius 3 is 1.25 bits per heavy atom. The van der Waals surface area contributed by atoms with Gasteiger partial charge >= 0.3 is 0 Å². The second-order valence-corrected chi connectivity index (χ2v) is 16.2. The lowest BCUT2D eigenvalue weighted by Gasteiger charge is -2.26. The van der Waals surface area contributed by atoms with E-state index in [1.54, 1.807) is 0 Å². The minimum absolute atomic E-state index is 1.08. The van der Waals surface area contributed by atoms with Gasteiger partial charge in [-0.3, -0.25) is 0 Å². The summed E-state index contributed by atoms with van der Waals surface area (Å²) >= 11 is 0. The molecule has 2 heterocycles. The van der Waals surface area contributed by atoms with E-state index in [-0.39, 0.29) is 0 Å². The summed E-state index contributed by atoms with van der Waals surface area (Å²) < 4.78 is 4.81. The summed E-state index contributed by atoms with van der Waals surface area (Å²) in [6, 6.07) is 90.2. The standard InChI is InChI=1S/C60H41N3/c1-6-17-42(18-7-1)44-29-32-49(33-30-44)61(50-34-37-57-54(40-50)53-39-46(43-19-8-2-9-20-43)31-36-56(53)62(57)47-23-12-4-13-24-47)51-35-38-58-55(41-51)60-52(45-21-10-3-11-22-45)27-16-28-59(60)63(58)48-25-14-5-15-26-48/h1-41H. The van der Waals surface area contributed by atoms with E-state index in [0.717, 1.165) is 34.0 Å². The van der Waals surface area contributed by atoms with Gasteiger partial charge in [-0.15, -0.1) is 0 Å². The molecule has 63 heavy (non-hydrogen) atoms. The van der Waals surface area contributed by atoms with E-state index in [4.69, 9.17) is 0 Å². The maximum absolute atomic E-state index is 2.43. The smallest absolute Gasteiger partial charge is 0.0547 e. The van der Waals surface area contributed by atoms with Crippen LogP contribution in [0.2, 0.25) is 0 Å². The third-order valence-electron chi connectivity index (χ3n) is 12.5. The number of aromatic nitrogens is 2. The molecule has 296 valence electrons. The molecular weight excluding hydrogens is 763 g/mol. The van der Waals surface area contributed by atoms with Crippen LogP contribution in [0, 0.1) is 0 Å². The van der Waals surface area contributed by atoms with Crippen LogP contribution in [-0.4, -0.2) is 9.13 Å². The Hall–Kier alpha value is -8.40. The van der Waals surface area contributed by atoms with Crippen LogP contribution in [0.4, 0.5) is 17.1 Å². The third kappa shape index (κ3) is 6.29. The van der Waals surface area contributed by atoms with Crippen molar-refractivity contribution in [1.82, 2.24) is 9.13 Å². The van der Waals surface area contributed by atoms with Gasteiger partial charge in [0, 0.05) is 50.0 Å². The van der Waals surface area contributed by atoms with E-state index in [1.807, 2.05) is 0 Å². The Labute approximate surface area is 366 Å². The molecule has 0 fully saturated rings. The molecule has 12 rings (SSSR count). The average molecular weight is 804 g/mol. The van der Waals surface area contributed by atoms with Gasteiger partial charge in [-0.05, 0) is 124 Å². The Bertz CT molecular complexity index is 3570. The second-order valence-electron chi connectivity index (χ2n) is 16.2. The first-order valence-electron chi connectivity index (χ1n) is 21.6. The summed E-state index contributed by atoms with van der Waals surface area (Å²) in [6.45, 7) is 0. The zero-order valence-corrected chi connectivity index (χ0v) is 34.5. The molecule has 10 aromatic carbocycles. The molecule has 3 heteroatoms. The highest BCUT2D eigenvalue weighted by Crippen LogP contribution is 2.45. The zero-order chi connectivity index (χ0) is 41.7. The quantitative estimate of drug-likeness (QED) is 0.149. The maximum atomic E-state index is 2.43. The molecule has 0 unspecified atom stereocenters. The lowest BCUT2D eigenvalue weighted by atomic mass is 9.99. The van der Waals surface area contributed by atoms with Gasteiger partial charge in [0.05, 0.1) is 22.1 Å². The van der Waals surface area contributed by atoms with Gasteiger partial charge in [-0.1, -0.05) is 158 Å². The Balaban J connectivity index is 1.12. The van der Waals surface area contributed by atoms with Crippen LogP contribution in [0.5, 0.6) is 0 Å². The zero-order valence-electron chi connectivity index (χ0n) is 34.5. The van der Waals surface area contributed by atoms with Gasteiger partial charge in [0.25, 0.3) is 0 Å². The highest BCUT2D eigenvalue weighted by atomic mass is 15.1. The van der Waals surface area contributed by atoms with Gasteiger partial charge in [0.2, 0.25) is 0 Å². The van der Waals surface area contributed by atoms with Gasteiger partial charge < -0.3 is 14.0 Å². The van der Waals surface area contributed by atoms with E-state index >= 15 is 0 Å². The molecule has 0 bridgehead atoms. The first kappa shape index (κ1) is 36.5. The molecule has 0 aliphatic rings. The summed E-state index contributed by atoms with van der Waals surface area (Å²) in [5.41, 5.74) is 17.4. The first-order valence-corrected chi connectivity index (χ1v) is 21.6. The van der Waals surface area contributed by atoms with E-state index in [2.05, 4.69) is 263 Å². The summed E-state index contributed by atoms with van der Waals surface area (Å²) in [5.74, 6) is 0. The third-order valence-corrected chi connectivity index (χ3v) is 12.5. The molecule has 3 nitrogen and oxygen atoms in total. The molecule has 0 atom stereocenters. The van der Waals surface area contributed by atoms with E-state index < -0.39 is 0 Å². The topological polar surface area (TPSA) is 13.1 Å². The molecule has 0 spiro atoms. The van der Waals surface area contributed by atoms with Crippen LogP contribution in [0.15, 0.2) is 249 Å². The minimum Gasteiger partial charge on any atom is -0.310 e. The van der Waals surface area contributed by atoms with Crippen molar-refractivity contribution in [2.24, 2.45) is 0 Å². The van der Waals surface area contributed by atoms with E-state index in [0.29, 0.717) is 0 Å². The first-order chi connectivity index (χ1) is 31.3. The number of hydrogen-bond donors (Lipinski definition) is 0. The summed E-state index contributed by atoms with van der Waals surface area (Å²) in [7, 11) is 0. The highest BCUT2D eigenvalue weighted by molar-refractivity contribution is 6.17. The van der Waals surface area contributed by atoms with E-state index in [1.165, 1.54) is 71.5 Å². The average Bonchev–Trinajstić information content (AvgIpc) is 3.87. The molecule has 0 saturated heterocycles. The van der Waals surface area contributed by atoms with Crippen molar-refractivity contribution in [2.45, 2.75) is 0 Å². The minimum atomic E-state index is 1.08. The predicted octanol–water partition coefficient (Wildman–Crippen LogP) is 16.4. The molecule has 0 radical (unpaired) electrons. The van der Waals surface area contributed by atoms with Gasteiger partial charge in [-0.25, -0.2) is 0 Å². The van der Waals surface area contributed by atoms with Crippen molar-refractivity contribution in [3.63, 3.8) is 0 Å². The summed E-state index contributed by atoms with van der Waals surface area (Å²) in [5, 5.41) is 4.85. The van der Waals surface area contributed by atoms with Crippen molar-refractivity contribution < 1.29 is 0 Å². The molecule has 0 aliphatic heterocycles. The normalized spacial score (nSPS) is 11.5. The lowest BCUT2D eigenvalue weighted by Crippen LogP contribution is -2.10. The van der Waals surface area contributed by atoms with Crippen molar-refractivity contribution in [1.29, 1.82) is 0 Å². The van der Waals surface area contributed by atoms with Crippen molar-refractivity contribution in [2.75, 3.05) is 4.90 Å². The van der Waals surface area contributed by atoms with Gasteiger partial charge in [0.1, 0.15) is 0 Å². The number of hydrogen-bond acceptors (Lipinski definition) is 1. The number of nitrogens with zero attached hydrogens (tertiary/aromatic N) is 3. The van der Waals surface area contributed by atoms with Crippen molar-refractivity contribution in [3.8, 4) is 44.8 Å². The monoisotopic (exact) mass is 803 g/mol.